The summed E-state index contributed by atoms with van der Waals surface area (Å²) in [7, 11) is -3.69. The third-order valence-electron chi connectivity index (χ3n) is 12.6. The Morgan fingerprint density at radius 3 is 2.48 bits per heavy atom. The fraction of sp³-hybridized carbons (Fsp3) is 0.463. The van der Waals surface area contributed by atoms with Gasteiger partial charge in [0.25, 0.3) is 0 Å². The highest BCUT2D eigenvalue weighted by atomic mass is 32.2. The Labute approximate surface area is 295 Å². The molecule has 2 bridgehead atoms. The molecule has 1 unspecified atom stereocenters. The van der Waals surface area contributed by atoms with Crippen LogP contribution in [0.4, 0.5) is 0 Å². The Morgan fingerprint density at radius 2 is 1.72 bits per heavy atom. The molecule has 2 aliphatic heterocycles. The molecule has 8 rings (SSSR count). The van der Waals surface area contributed by atoms with Crippen molar-refractivity contribution in [3.63, 3.8) is 0 Å². The van der Waals surface area contributed by atoms with Crippen LogP contribution in [0.25, 0.3) is 11.5 Å². The van der Waals surface area contributed by atoms with Crippen LogP contribution >= 0.6 is 0 Å². The SMILES string of the molecule is Cc1oc(-c2ccccc2)nc1CCOc1cccc(C[C@@H]2CN(Cc3ccccc3)C[C@H]2C(=O)N2[C@@H]3CC4CC[C@]3(CS2(=O)=O)C4(C)C)c1. The number of ether oxygens (including phenoxy) is 1. The summed E-state index contributed by atoms with van der Waals surface area (Å²) in [6, 6.07) is 28.1. The number of hydrogen-bond donors (Lipinski definition) is 0. The summed E-state index contributed by atoms with van der Waals surface area (Å²) < 4.78 is 41.3. The number of likely N-dealkylation sites (tertiary alicyclic amines) is 1. The van der Waals surface area contributed by atoms with E-state index in [0.717, 1.165) is 60.7 Å². The lowest BCUT2D eigenvalue weighted by atomic mass is 9.69. The standard InChI is InChI=1S/C41H47N3O5S/c1-28-36(42-38(49-28)31-14-8-5-9-15-31)18-20-48-34-16-10-13-30(22-34)21-32-25-43(24-29-11-6-4-7-12-29)26-35(32)39(45)44-37-23-33-17-19-41(37,40(33,2)3)27-50(44,46)47/h4-16,22,32-33,35,37H,17-21,23-27H2,1-3H3/t32-,33?,35-,37-,41-/m1/s1. The maximum Gasteiger partial charge on any atom is 0.241 e. The van der Waals surface area contributed by atoms with Crippen molar-refractivity contribution in [2.75, 3.05) is 25.4 Å². The summed E-state index contributed by atoms with van der Waals surface area (Å²) >= 11 is 0. The molecule has 0 N–H and O–H groups in total. The highest BCUT2D eigenvalue weighted by molar-refractivity contribution is 7.90. The number of aromatic nitrogens is 1. The highest BCUT2D eigenvalue weighted by Gasteiger charge is 2.72. The first-order valence-electron chi connectivity index (χ1n) is 18.1. The molecule has 2 aliphatic carbocycles. The van der Waals surface area contributed by atoms with Gasteiger partial charge in [-0.1, -0.05) is 74.5 Å². The van der Waals surface area contributed by atoms with E-state index in [2.05, 4.69) is 43.0 Å². The molecule has 3 heterocycles. The van der Waals surface area contributed by atoms with Gasteiger partial charge in [-0.05, 0) is 85.3 Å². The first-order chi connectivity index (χ1) is 24.0. The largest absolute Gasteiger partial charge is 0.493 e. The van der Waals surface area contributed by atoms with Crippen LogP contribution in [0.15, 0.2) is 89.3 Å². The van der Waals surface area contributed by atoms with Gasteiger partial charge in [-0.25, -0.2) is 17.7 Å². The van der Waals surface area contributed by atoms with E-state index in [1.165, 1.54) is 9.87 Å². The number of oxazole rings is 1. The fourth-order valence-electron chi connectivity index (χ4n) is 9.86. The minimum absolute atomic E-state index is 0.0194. The van der Waals surface area contributed by atoms with Crippen molar-refractivity contribution >= 4 is 15.9 Å². The Bertz CT molecular complexity index is 1980. The van der Waals surface area contributed by atoms with E-state index in [9.17, 15) is 13.2 Å². The normalized spacial score (nSPS) is 27.9. The maximum atomic E-state index is 14.6. The van der Waals surface area contributed by atoms with Gasteiger partial charge in [0, 0.05) is 37.0 Å². The second-order valence-electron chi connectivity index (χ2n) is 15.6. The summed E-state index contributed by atoms with van der Waals surface area (Å²) in [5.74, 6) is 2.13. The summed E-state index contributed by atoms with van der Waals surface area (Å²) in [5.41, 5.74) is 3.69. The van der Waals surface area contributed by atoms with Gasteiger partial charge < -0.3 is 9.15 Å². The zero-order valence-electron chi connectivity index (χ0n) is 29.3. The Morgan fingerprint density at radius 1 is 0.980 bits per heavy atom. The van der Waals surface area contributed by atoms with Gasteiger partial charge in [-0.3, -0.25) is 9.69 Å². The van der Waals surface area contributed by atoms with Crippen molar-refractivity contribution in [1.82, 2.24) is 14.2 Å². The number of fused-ring (bicyclic) bond motifs is 1. The molecule has 5 atom stereocenters. The molecule has 2 saturated carbocycles. The molecule has 262 valence electrons. The molecule has 1 aromatic heterocycles. The van der Waals surface area contributed by atoms with Crippen molar-refractivity contribution < 1.29 is 22.4 Å². The fourth-order valence-corrected chi connectivity index (χ4v) is 12.4. The predicted octanol–water partition coefficient (Wildman–Crippen LogP) is 6.93. The average molecular weight is 694 g/mol. The number of carbonyl (C=O) groups excluding carboxylic acids is 1. The zero-order chi connectivity index (χ0) is 34.7. The Hall–Kier alpha value is -3.95. The van der Waals surface area contributed by atoms with Gasteiger partial charge in [0.15, 0.2) is 0 Å². The van der Waals surface area contributed by atoms with Crippen LogP contribution in [0.5, 0.6) is 5.75 Å². The van der Waals surface area contributed by atoms with Crippen LogP contribution in [-0.4, -0.2) is 60.0 Å². The zero-order valence-corrected chi connectivity index (χ0v) is 30.1. The molecule has 1 spiro atoms. The van der Waals surface area contributed by atoms with E-state index < -0.39 is 15.9 Å². The van der Waals surface area contributed by atoms with E-state index in [1.54, 1.807) is 0 Å². The number of aryl methyl sites for hydroxylation is 1. The molecule has 3 aromatic carbocycles. The number of amides is 1. The van der Waals surface area contributed by atoms with Crippen molar-refractivity contribution in [2.24, 2.45) is 28.6 Å². The second kappa shape index (κ2) is 12.7. The molecule has 9 heteroatoms. The van der Waals surface area contributed by atoms with Gasteiger partial charge in [0.2, 0.25) is 21.8 Å². The van der Waals surface area contributed by atoms with Crippen molar-refractivity contribution in [2.45, 2.75) is 65.5 Å². The van der Waals surface area contributed by atoms with Crippen LogP contribution in [-0.2, 0) is 34.2 Å². The van der Waals surface area contributed by atoms with Crippen molar-refractivity contribution in [3.8, 4) is 17.2 Å². The maximum absolute atomic E-state index is 14.6. The average Bonchev–Trinajstić information content (AvgIpc) is 3.84. The molecular formula is C41H47N3O5S. The summed E-state index contributed by atoms with van der Waals surface area (Å²) in [6.07, 6.45) is 4.03. The molecule has 50 heavy (non-hydrogen) atoms. The monoisotopic (exact) mass is 693 g/mol. The number of carbonyl (C=O) groups is 1. The molecule has 4 aromatic rings. The second-order valence-corrected chi connectivity index (χ2v) is 17.5. The van der Waals surface area contributed by atoms with Crippen molar-refractivity contribution in [3.05, 3.63) is 108 Å². The van der Waals surface area contributed by atoms with E-state index in [0.29, 0.717) is 37.8 Å². The van der Waals surface area contributed by atoms with Gasteiger partial charge in [-0.2, -0.15) is 0 Å². The summed E-state index contributed by atoms with van der Waals surface area (Å²) in [5, 5.41) is 0. The van der Waals surface area contributed by atoms with E-state index in [-0.39, 0.29) is 34.4 Å². The lowest BCUT2D eigenvalue weighted by Crippen LogP contribution is -2.47. The van der Waals surface area contributed by atoms with E-state index in [1.807, 2.05) is 67.6 Å². The first kappa shape index (κ1) is 33.2. The molecule has 4 fully saturated rings. The van der Waals surface area contributed by atoms with E-state index in [4.69, 9.17) is 14.1 Å². The van der Waals surface area contributed by atoms with Crippen LogP contribution in [0.2, 0.25) is 0 Å². The smallest absolute Gasteiger partial charge is 0.241 e. The number of benzene rings is 3. The van der Waals surface area contributed by atoms with Crippen LogP contribution in [0.1, 0.15) is 55.7 Å². The lowest BCUT2D eigenvalue weighted by Gasteiger charge is -2.37. The third-order valence-corrected chi connectivity index (χ3v) is 14.5. The number of rotatable bonds is 10. The quantitative estimate of drug-likeness (QED) is 0.178. The molecule has 1 amide bonds. The molecule has 8 nitrogen and oxygen atoms in total. The summed E-state index contributed by atoms with van der Waals surface area (Å²) in [4.78, 5) is 21.7. The predicted molar refractivity (Wildman–Crippen MR) is 193 cm³/mol. The van der Waals surface area contributed by atoms with Crippen LogP contribution in [0, 0.1) is 35.5 Å². The van der Waals surface area contributed by atoms with Gasteiger partial charge in [0.1, 0.15) is 11.5 Å². The molecular weight excluding hydrogens is 647 g/mol. The minimum Gasteiger partial charge on any atom is -0.493 e. The van der Waals surface area contributed by atoms with E-state index >= 15 is 0 Å². The number of nitrogens with zero attached hydrogens (tertiary/aromatic N) is 3. The first-order valence-corrected chi connectivity index (χ1v) is 19.7. The summed E-state index contributed by atoms with van der Waals surface area (Å²) in [6.45, 7) is 8.86. The molecule has 0 radical (unpaired) electrons. The Kier molecular flexibility index (Phi) is 8.42. The number of hydrogen-bond acceptors (Lipinski definition) is 7. The number of sulfonamides is 1. The van der Waals surface area contributed by atoms with Crippen LogP contribution in [0.3, 0.4) is 0 Å². The topological polar surface area (TPSA) is 93.0 Å². The van der Waals surface area contributed by atoms with Gasteiger partial charge >= 0.3 is 0 Å². The van der Waals surface area contributed by atoms with Gasteiger partial charge in [-0.15, -0.1) is 0 Å². The third kappa shape index (κ3) is 5.76. The Balaban J connectivity index is 0.987. The van der Waals surface area contributed by atoms with Crippen LogP contribution < -0.4 is 4.74 Å². The highest BCUT2D eigenvalue weighted by Crippen LogP contribution is 2.70. The van der Waals surface area contributed by atoms with Crippen molar-refractivity contribution in [1.29, 1.82) is 0 Å². The lowest BCUT2D eigenvalue weighted by molar-refractivity contribution is -0.134. The van der Waals surface area contributed by atoms with Gasteiger partial charge in [0.05, 0.1) is 30.0 Å². The minimum atomic E-state index is -3.69. The molecule has 4 aliphatic rings. The molecule has 2 saturated heterocycles.